The van der Waals surface area contributed by atoms with Crippen molar-refractivity contribution >= 4 is 27.5 Å². The van der Waals surface area contributed by atoms with Crippen LogP contribution in [0.25, 0.3) is 0 Å². The Hall–Kier alpha value is -2.22. The van der Waals surface area contributed by atoms with E-state index in [4.69, 9.17) is 0 Å². The third-order valence-electron chi connectivity index (χ3n) is 3.47. The summed E-state index contributed by atoms with van der Waals surface area (Å²) in [5.41, 5.74) is 1.85. The number of para-hydroxylation sites is 1. The zero-order valence-electron chi connectivity index (χ0n) is 12.9. The number of amides is 1. The summed E-state index contributed by atoms with van der Waals surface area (Å²) in [4.78, 5) is 22.4. The number of hydrogen-bond acceptors (Lipinski definition) is 4. The van der Waals surface area contributed by atoms with Crippen LogP contribution in [0.4, 0.5) is 5.69 Å². The van der Waals surface area contributed by atoms with Crippen molar-refractivity contribution in [3.63, 3.8) is 0 Å². The summed E-state index contributed by atoms with van der Waals surface area (Å²) in [7, 11) is 0. The number of aryl methyl sites for hydroxylation is 2. The average Bonchev–Trinajstić information content (AvgIpc) is 2.78. The highest BCUT2D eigenvalue weighted by Crippen LogP contribution is 2.20. The minimum absolute atomic E-state index is 0.0753. The van der Waals surface area contributed by atoms with E-state index in [2.05, 4.69) is 26.3 Å². The molecule has 1 amide bonds. The largest absolute Gasteiger partial charge is 0.352 e. The molecule has 122 valence electrons. The van der Waals surface area contributed by atoms with Gasteiger partial charge >= 0.3 is 0 Å². The summed E-state index contributed by atoms with van der Waals surface area (Å²) >= 11 is 3.47. The van der Waals surface area contributed by atoms with Gasteiger partial charge in [-0.25, -0.2) is 0 Å². The van der Waals surface area contributed by atoms with Crippen molar-refractivity contribution < 1.29 is 9.72 Å². The van der Waals surface area contributed by atoms with Gasteiger partial charge in [-0.2, -0.15) is 5.10 Å². The van der Waals surface area contributed by atoms with Crippen molar-refractivity contribution in [1.82, 2.24) is 15.1 Å². The topological polar surface area (TPSA) is 90.1 Å². The normalized spacial score (nSPS) is 10.6. The maximum absolute atomic E-state index is 12.1. The fourth-order valence-electron chi connectivity index (χ4n) is 2.24. The molecule has 0 bridgehead atoms. The molecule has 0 spiro atoms. The number of hydrogen-bond donors (Lipinski definition) is 1. The van der Waals surface area contributed by atoms with Crippen molar-refractivity contribution in [2.75, 3.05) is 6.54 Å². The first-order valence-corrected chi connectivity index (χ1v) is 7.92. The van der Waals surface area contributed by atoms with Crippen LogP contribution >= 0.6 is 15.9 Å². The lowest BCUT2D eigenvalue weighted by Crippen LogP contribution is -2.26. The first kappa shape index (κ1) is 17.1. The molecule has 8 heteroatoms. The van der Waals surface area contributed by atoms with E-state index in [-0.39, 0.29) is 11.3 Å². The lowest BCUT2D eigenvalue weighted by Gasteiger charge is -2.07. The number of aromatic nitrogens is 2. The Morgan fingerprint density at radius 3 is 2.70 bits per heavy atom. The van der Waals surface area contributed by atoms with Gasteiger partial charge in [0, 0.05) is 24.8 Å². The number of rotatable bonds is 6. The second kappa shape index (κ2) is 7.36. The number of carbonyl (C=O) groups excluding carboxylic acids is 1. The van der Waals surface area contributed by atoms with Crippen LogP contribution in [0.2, 0.25) is 0 Å². The molecule has 7 nitrogen and oxygen atoms in total. The Balaban J connectivity index is 1.90. The Labute approximate surface area is 142 Å². The summed E-state index contributed by atoms with van der Waals surface area (Å²) in [5.74, 6) is -0.438. The molecule has 0 saturated carbocycles. The zero-order valence-corrected chi connectivity index (χ0v) is 14.5. The fourth-order valence-corrected chi connectivity index (χ4v) is 2.53. The highest BCUT2D eigenvalue weighted by atomic mass is 79.9. The smallest absolute Gasteiger partial charge is 0.282 e. The van der Waals surface area contributed by atoms with Gasteiger partial charge in [0.15, 0.2) is 0 Å². The maximum Gasteiger partial charge on any atom is 0.282 e. The molecule has 1 N–H and O–H groups in total. The molecule has 0 atom stereocenters. The molecule has 0 aliphatic carbocycles. The number of nitro groups is 1. The van der Waals surface area contributed by atoms with Crippen LogP contribution in [0.1, 0.15) is 28.2 Å². The predicted octanol–water partition coefficient (Wildman–Crippen LogP) is 2.99. The molecule has 23 heavy (non-hydrogen) atoms. The maximum atomic E-state index is 12.1. The van der Waals surface area contributed by atoms with Crippen LogP contribution < -0.4 is 5.32 Å². The van der Waals surface area contributed by atoms with E-state index < -0.39 is 10.8 Å². The standard InChI is InChI=1S/C15H17BrN4O3/c1-10-14(16)11(2)19(18-10)9-5-8-17-15(21)12-6-3-4-7-13(12)20(22)23/h3-4,6-7H,5,8-9H2,1-2H3,(H,17,21). The Morgan fingerprint density at radius 2 is 2.09 bits per heavy atom. The molecule has 1 heterocycles. The number of nitrogens with zero attached hydrogens (tertiary/aromatic N) is 3. The number of benzene rings is 1. The molecular weight excluding hydrogens is 364 g/mol. The van der Waals surface area contributed by atoms with Crippen molar-refractivity contribution in [3.8, 4) is 0 Å². The van der Waals surface area contributed by atoms with Crippen molar-refractivity contribution in [1.29, 1.82) is 0 Å². The van der Waals surface area contributed by atoms with Gasteiger partial charge in [0.1, 0.15) is 5.56 Å². The summed E-state index contributed by atoms with van der Waals surface area (Å²) in [5, 5.41) is 18.0. The number of nitro benzene ring substituents is 1. The Kier molecular flexibility index (Phi) is 5.49. The van der Waals surface area contributed by atoms with Crippen LogP contribution in [0.15, 0.2) is 28.7 Å². The molecule has 0 radical (unpaired) electrons. The van der Waals surface area contributed by atoms with Crippen LogP contribution in [-0.2, 0) is 6.54 Å². The molecule has 0 saturated heterocycles. The van der Waals surface area contributed by atoms with E-state index in [9.17, 15) is 14.9 Å². The van der Waals surface area contributed by atoms with E-state index >= 15 is 0 Å². The number of carbonyl (C=O) groups is 1. The number of nitrogens with one attached hydrogen (secondary N) is 1. The summed E-state index contributed by atoms with van der Waals surface area (Å²) in [6, 6.07) is 5.92. The SMILES string of the molecule is Cc1nn(CCCNC(=O)c2ccccc2[N+](=O)[O-])c(C)c1Br. The van der Waals surface area contributed by atoms with E-state index in [1.54, 1.807) is 6.07 Å². The van der Waals surface area contributed by atoms with Crippen molar-refractivity contribution in [2.45, 2.75) is 26.8 Å². The molecule has 2 rings (SSSR count). The van der Waals surface area contributed by atoms with E-state index in [1.165, 1.54) is 18.2 Å². The summed E-state index contributed by atoms with van der Waals surface area (Å²) in [6.45, 7) is 4.97. The third-order valence-corrected chi connectivity index (χ3v) is 4.62. The minimum atomic E-state index is -0.553. The van der Waals surface area contributed by atoms with Gasteiger partial charge < -0.3 is 5.32 Å². The predicted molar refractivity (Wildman–Crippen MR) is 89.4 cm³/mol. The van der Waals surface area contributed by atoms with Gasteiger partial charge in [-0.1, -0.05) is 12.1 Å². The van der Waals surface area contributed by atoms with Gasteiger partial charge in [-0.05, 0) is 42.3 Å². The fraction of sp³-hybridized carbons (Fsp3) is 0.333. The van der Waals surface area contributed by atoms with Crippen molar-refractivity contribution in [3.05, 3.63) is 55.8 Å². The van der Waals surface area contributed by atoms with E-state index in [0.717, 1.165) is 15.9 Å². The Morgan fingerprint density at radius 1 is 1.39 bits per heavy atom. The summed E-state index contributed by atoms with van der Waals surface area (Å²) < 4.78 is 2.86. The molecular formula is C15H17BrN4O3. The quantitative estimate of drug-likeness (QED) is 0.473. The van der Waals surface area contributed by atoms with Gasteiger partial charge in [0.25, 0.3) is 11.6 Å². The van der Waals surface area contributed by atoms with Gasteiger partial charge in [-0.15, -0.1) is 0 Å². The van der Waals surface area contributed by atoms with Gasteiger partial charge in [0.05, 0.1) is 15.1 Å². The molecule has 2 aromatic rings. The van der Waals surface area contributed by atoms with Crippen molar-refractivity contribution in [2.24, 2.45) is 0 Å². The van der Waals surface area contributed by atoms with Crippen LogP contribution in [-0.4, -0.2) is 27.2 Å². The Bertz CT molecular complexity index is 742. The van der Waals surface area contributed by atoms with E-state index in [0.29, 0.717) is 19.5 Å². The second-order valence-electron chi connectivity index (χ2n) is 5.09. The lowest BCUT2D eigenvalue weighted by molar-refractivity contribution is -0.385. The van der Waals surface area contributed by atoms with Crippen LogP contribution in [0, 0.1) is 24.0 Å². The van der Waals surface area contributed by atoms with E-state index in [1.807, 2.05) is 18.5 Å². The average molecular weight is 381 g/mol. The molecule has 0 aliphatic rings. The summed E-state index contributed by atoms with van der Waals surface area (Å²) in [6.07, 6.45) is 0.681. The van der Waals surface area contributed by atoms with Crippen LogP contribution in [0.5, 0.6) is 0 Å². The molecule has 1 aromatic heterocycles. The molecule has 0 aliphatic heterocycles. The molecule has 0 fully saturated rings. The second-order valence-corrected chi connectivity index (χ2v) is 5.88. The van der Waals surface area contributed by atoms with Gasteiger partial charge in [0.2, 0.25) is 0 Å². The first-order chi connectivity index (χ1) is 10.9. The number of halogens is 1. The highest BCUT2D eigenvalue weighted by Gasteiger charge is 2.18. The third kappa shape index (κ3) is 3.95. The molecule has 1 aromatic carbocycles. The molecule has 0 unspecified atom stereocenters. The zero-order chi connectivity index (χ0) is 17.0. The van der Waals surface area contributed by atoms with Crippen LogP contribution in [0.3, 0.4) is 0 Å². The minimum Gasteiger partial charge on any atom is -0.352 e. The highest BCUT2D eigenvalue weighted by molar-refractivity contribution is 9.10. The lowest BCUT2D eigenvalue weighted by atomic mass is 10.1. The monoisotopic (exact) mass is 380 g/mol. The first-order valence-electron chi connectivity index (χ1n) is 7.13. The van der Waals surface area contributed by atoms with Gasteiger partial charge in [-0.3, -0.25) is 19.6 Å².